The Kier molecular flexibility index (Phi) is 4.31. The number of rotatable bonds is 4. The number of anilines is 1. The van der Waals surface area contributed by atoms with Crippen LogP contribution in [0.15, 0.2) is 46.9 Å². The molecule has 0 aliphatic rings. The van der Waals surface area contributed by atoms with E-state index >= 15 is 0 Å². The molecular formula is C14H14BrFN2. The van der Waals surface area contributed by atoms with Gasteiger partial charge in [0.25, 0.3) is 0 Å². The minimum atomic E-state index is -0.468. The predicted molar refractivity (Wildman–Crippen MR) is 75.0 cm³/mol. The topological polar surface area (TPSA) is 24.9 Å². The highest BCUT2D eigenvalue weighted by atomic mass is 79.9. The van der Waals surface area contributed by atoms with E-state index in [-0.39, 0.29) is 6.04 Å². The van der Waals surface area contributed by atoms with E-state index in [0.717, 1.165) is 16.5 Å². The van der Waals surface area contributed by atoms with Crippen LogP contribution >= 0.6 is 15.9 Å². The van der Waals surface area contributed by atoms with E-state index in [1.165, 1.54) is 6.07 Å². The molecule has 2 nitrogen and oxygen atoms in total. The largest absolute Gasteiger partial charge is 0.363 e. The molecule has 1 atom stereocenters. The summed E-state index contributed by atoms with van der Waals surface area (Å²) in [5.74, 6) is 0.0888. The van der Waals surface area contributed by atoms with Gasteiger partial charge >= 0.3 is 0 Å². The molecule has 0 saturated carbocycles. The van der Waals surface area contributed by atoms with Gasteiger partial charge in [-0.05, 0) is 36.2 Å². The number of nitrogens with one attached hydrogen (secondary N) is 1. The van der Waals surface area contributed by atoms with Gasteiger partial charge in [-0.25, -0.2) is 4.98 Å². The molecule has 2 aromatic rings. The van der Waals surface area contributed by atoms with Crippen LogP contribution in [0.3, 0.4) is 0 Å². The Bertz CT molecular complexity index is 531. The van der Waals surface area contributed by atoms with Crippen LogP contribution in [0.2, 0.25) is 0 Å². The van der Waals surface area contributed by atoms with Gasteiger partial charge in [0.15, 0.2) is 0 Å². The Balaban J connectivity index is 2.19. The predicted octanol–water partition coefficient (Wildman–Crippen LogP) is 4.55. The lowest BCUT2D eigenvalue weighted by molar-refractivity contribution is 0.583. The molecule has 0 spiro atoms. The zero-order chi connectivity index (χ0) is 13.0. The molecule has 18 heavy (non-hydrogen) atoms. The molecule has 0 fully saturated rings. The van der Waals surface area contributed by atoms with Gasteiger partial charge in [0, 0.05) is 4.47 Å². The molecule has 0 aliphatic heterocycles. The zero-order valence-corrected chi connectivity index (χ0v) is 11.6. The van der Waals surface area contributed by atoms with Gasteiger partial charge in [0.1, 0.15) is 5.82 Å². The van der Waals surface area contributed by atoms with Crippen LogP contribution in [0.25, 0.3) is 0 Å². The van der Waals surface area contributed by atoms with Gasteiger partial charge in [-0.3, -0.25) is 0 Å². The summed E-state index contributed by atoms with van der Waals surface area (Å²) >= 11 is 3.45. The maximum atomic E-state index is 13.0. The number of pyridine rings is 1. The van der Waals surface area contributed by atoms with Crippen molar-refractivity contribution in [2.24, 2.45) is 0 Å². The van der Waals surface area contributed by atoms with E-state index in [1.54, 1.807) is 12.1 Å². The molecule has 1 aromatic heterocycles. The van der Waals surface area contributed by atoms with Gasteiger partial charge in [0.2, 0.25) is 5.95 Å². The highest BCUT2D eigenvalue weighted by Gasteiger charge is 2.10. The molecule has 0 saturated heterocycles. The number of benzene rings is 1. The van der Waals surface area contributed by atoms with Crippen molar-refractivity contribution in [3.63, 3.8) is 0 Å². The number of nitrogens with zero attached hydrogens (tertiary/aromatic N) is 1. The maximum absolute atomic E-state index is 13.0. The third-order valence-electron chi connectivity index (χ3n) is 2.70. The molecule has 1 N–H and O–H groups in total. The maximum Gasteiger partial charge on any atom is 0.214 e. The molecule has 0 bridgehead atoms. The van der Waals surface area contributed by atoms with Crippen molar-refractivity contribution in [3.05, 3.63) is 58.4 Å². The summed E-state index contributed by atoms with van der Waals surface area (Å²) in [6.07, 6.45) is 0.897. The van der Waals surface area contributed by atoms with Crippen molar-refractivity contribution in [3.8, 4) is 0 Å². The number of hydrogen-bond donors (Lipinski definition) is 1. The summed E-state index contributed by atoms with van der Waals surface area (Å²) in [4.78, 5) is 3.82. The normalized spacial score (nSPS) is 12.2. The lowest BCUT2D eigenvalue weighted by Gasteiger charge is -2.18. The average molecular weight is 309 g/mol. The minimum Gasteiger partial charge on any atom is -0.363 e. The van der Waals surface area contributed by atoms with Crippen molar-refractivity contribution in [1.29, 1.82) is 0 Å². The van der Waals surface area contributed by atoms with Crippen molar-refractivity contribution >= 4 is 21.7 Å². The lowest BCUT2D eigenvalue weighted by atomic mass is 10.0. The molecule has 4 heteroatoms. The Morgan fingerprint density at radius 2 is 2.06 bits per heavy atom. The number of aromatic nitrogens is 1. The molecule has 2 rings (SSSR count). The van der Waals surface area contributed by atoms with Crippen LogP contribution in [-0.2, 0) is 0 Å². The van der Waals surface area contributed by atoms with Crippen LogP contribution < -0.4 is 5.32 Å². The molecule has 0 aliphatic carbocycles. The fraction of sp³-hybridized carbons (Fsp3) is 0.214. The third kappa shape index (κ3) is 3.29. The molecule has 1 aromatic carbocycles. The first kappa shape index (κ1) is 13.0. The molecule has 1 unspecified atom stereocenters. The van der Waals surface area contributed by atoms with Gasteiger partial charge in [-0.15, -0.1) is 0 Å². The average Bonchev–Trinajstić information content (AvgIpc) is 2.36. The minimum absolute atomic E-state index is 0.122. The van der Waals surface area contributed by atoms with Crippen LogP contribution in [0.4, 0.5) is 10.2 Å². The Hall–Kier alpha value is -1.42. The first-order valence-electron chi connectivity index (χ1n) is 5.83. The molecule has 0 radical (unpaired) electrons. The van der Waals surface area contributed by atoms with E-state index in [2.05, 4.69) is 39.2 Å². The van der Waals surface area contributed by atoms with Crippen molar-refractivity contribution in [2.75, 3.05) is 5.32 Å². The second-order valence-electron chi connectivity index (χ2n) is 4.01. The summed E-state index contributed by atoms with van der Waals surface area (Å²) in [6.45, 7) is 2.08. The van der Waals surface area contributed by atoms with E-state index in [0.29, 0.717) is 5.82 Å². The van der Waals surface area contributed by atoms with E-state index < -0.39 is 5.95 Å². The highest BCUT2D eigenvalue weighted by molar-refractivity contribution is 9.10. The van der Waals surface area contributed by atoms with Gasteiger partial charge in [-0.2, -0.15) is 4.39 Å². The summed E-state index contributed by atoms with van der Waals surface area (Å²) in [5.41, 5.74) is 1.15. The Morgan fingerprint density at radius 3 is 2.72 bits per heavy atom. The fourth-order valence-corrected chi connectivity index (χ4v) is 2.23. The van der Waals surface area contributed by atoms with Gasteiger partial charge in [-0.1, -0.05) is 41.1 Å². The summed E-state index contributed by atoms with van der Waals surface area (Å²) in [5, 5.41) is 3.24. The van der Waals surface area contributed by atoms with Crippen molar-refractivity contribution in [1.82, 2.24) is 4.98 Å². The van der Waals surface area contributed by atoms with E-state index in [4.69, 9.17) is 0 Å². The van der Waals surface area contributed by atoms with Crippen LogP contribution in [-0.4, -0.2) is 4.98 Å². The van der Waals surface area contributed by atoms with Crippen molar-refractivity contribution < 1.29 is 4.39 Å². The lowest BCUT2D eigenvalue weighted by Crippen LogP contribution is -2.11. The Labute approximate surface area is 114 Å². The zero-order valence-electron chi connectivity index (χ0n) is 10.0. The van der Waals surface area contributed by atoms with E-state index in [1.807, 2.05) is 18.2 Å². The summed E-state index contributed by atoms with van der Waals surface area (Å²) < 4.78 is 14.1. The third-order valence-corrected chi connectivity index (χ3v) is 3.19. The van der Waals surface area contributed by atoms with E-state index in [9.17, 15) is 4.39 Å². The molecule has 94 valence electrons. The second kappa shape index (κ2) is 5.96. The quantitative estimate of drug-likeness (QED) is 0.838. The molecular weight excluding hydrogens is 295 g/mol. The van der Waals surface area contributed by atoms with Gasteiger partial charge < -0.3 is 5.32 Å². The fourth-order valence-electron chi connectivity index (χ4n) is 1.81. The van der Waals surface area contributed by atoms with Gasteiger partial charge in [0.05, 0.1) is 6.04 Å². The first-order valence-corrected chi connectivity index (χ1v) is 6.63. The number of hydrogen-bond acceptors (Lipinski definition) is 2. The second-order valence-corrected chi connectivity index (χ2v) is 4.92. The standard InChI is InChI=1S/C14H14BrFN2/c1-2-12(10-5-3-6-11(15)9-10)17-14-8-4-7-13(16)18-14/h3-9,12H,2H2,1H3,(H,17,18). The van der Waals surface area contributed by atoms with Crippen LogP contribution in [0.5, 0.6) is 0 Å². The smallest absolute Gasteiger partial charge is 0.214 e. The first-order chi connectivity index (χ1) is 8.69. The van der Waals surface area contributed by atoms with Crippen molar-refractivity contribution in [2.45, 2.75) is 19.4 Å². The SMILES string of the molecule is CCC(Nc1cccc(F)n1)c1cccc(Br)c1. The monoisotopic (exact) mass is 308 g/mol. The van der Waals surface area contributed by atoms with Crippen LogP contribution in [0.1, 0.15) is 24.9 Å². The Morgan fingerprint density at radius 1 is 1.28 bits per heavy atom. The number of halogens is 2. The summed E-state index contributed by atoms with van der Waals surface area (Å²) in [7, 11) is 0. The molecule has 0 amide bonds. The summed E-state index contributed by atoms with van der Waals surface area (Å²) in [6, 6.07) is 13.0. The van der Waals surface area contributed by atoms with Crippen LogP contribution in [0, 0.1) is 5.95 Å². The highest BCUT2D eigenvalue weighted by Crippen LogP contribution is 2.24. The molecule has 1 heterocycles.